The number of nitrogens with one attached hydrogen (secondary N) is 2. The summed E-state index contributed by atoms with van der Waals surface area (Å²) < 4.78 is 25.3. The van der Waals surface area contributed by atoms with Gasteiger partial charge in [0.15, 0.2) is 0 Å². The van der Waals surface area contributed by atoms with Gasteiger partial charge in [-0.1, -0.05) is 6.42 Å². The van der Waals surface area contributed by atoms with Crippen molar-refractivity contribution in [2.24, 2.45) is 5.41 Å². The van der Waals surface area contributed by atoms with Crippen molar-refractivity contribution in [1.29, 1.82) is 0 Å². The summed E-state index contributed by atoms with van der Waals surface area (Å²) in [5, 5.41) is 11.9. The Morgan fingerprint density at radius 2 is 1.74 bits per heavy atom. The minimum absolute atomic E-state index is 0.0250. The van der Waals surface area contributed by atoms with Gasteiger partial charge in [0, 0.05) is 17.8 Å². The van der Waals surface area contributed by atoms with Crippen LogP contribution in [0.25, 0.3) is 0 Å². The number of benzene rings is 1. The van der Waals surface area contributed by atoms with Crippen LogP contribution in [0.15, 0.2) is 24.3 Å². The van der Waals surface area contributed by atoms with Crippen molar-refractivity contribution >= 4 is 33.3 Å². The first-order valence-corrected chi connectivity index (χ1v) is 9.05. The van der Waals surface area contributed by atoms with Crippen LogP contribution < -0.4 is 10.0 Å². The molecule has 1 aromatic carbocycles. The van der Waals surface area contributed by atoms with Crippen LogP contribution in [-0.2, 0) is 19.6 Å². The third kappa shape index (κ3) is 4.22. The standard InChI is InChI=1S/C15H20N2O5S/c1-2-23(21,22)17-12-6-4-11(5-7-12)16-13(18)10-15(14(19)20)8-3-9-15/h4-7,17H,2-3,8-10H2,1H3,(H,16,18)(H,19,20). The van der Waals surface area contributed by atoms with Crippen LogP contribution in [0.1, 0.15) is 32.6 Å². The maximum absolute atomic E-state index is 12.0. The van der Waals surface area contributed by atoms with E-state index in [9.17, 15) is 23.1 Å². The maximum Gasteiger partial charge on any atom is 0.310 e. The quantitative estimate of drug-likeness (QED) is 0.703. The van der Waals surface area contributed by atoms with Crippen molar-refractivity contribution in [3.63, 3.8) is 0 Å². The van der Waals surface area contributed by atoms with Crippen LogP contribution in [0, 0.1) is 5.41 Å². The summed E-state index contributed by atoms with van der Waals surface area (Å²) >= 11 is 0. The Labute approximate surface area is 135 Å². The number of carboxylic acids is 1. The molecule has 0 spiro atoms. The molecule has 3 N–H and O–H groups in total. The molecule has 23 heavy (non-hydrogen) atoms. The molecule has 8 heteroatoms. The average Bonchev–Trinajstić information content (AvgIpc) is 2.44. The Bertz CT molecular complexity index is 693. The van der Waals surface area contributed by atoms with Crippen LogP contribution in [-0.4, -0.2) is 31.2 Å². The molecular formula is C15H20N2O5S. The molecule has 0 aromatic heterocycles. The van der Waals surface area contributed by atoms with Gasteiger partial charge in [0.1, 0.15) is 0 Å². The maximum atomic E-state index is 12.0. The fourth-order valence-electron chi connectivity index (χ4n) is 2.46. The normalized spacial score (nSPS) is 16.2. The molecule has 0 atom stereocenters. The predicted octanol–water partition coefficient (Wildman–Crippen LogP) is 2.03. The first kappa shape index (κ1) is 17.3. The van der Waals surface area contributed by atoms with Crippen molar-refractivity contribution in [2.75, 3.05) is 15.8 Å². The van der Waals surface area contributed by atoms with Crippen LogP contribution in [0.5, 0.6) is 0 Å². The zero-order chi connectivity index (χ0) is 17.1. The lowest BCUT2D eigenvalue weighted by atomic mass is 9.66. The van der Waals surface area contributed by atoms with E-state index in [4.69, 9.17) is 0 Å². The molecule has 0 bridgehead atoms. The van der Waals surface area contributed by atoms with E-state index < -0.39 is 21.4 Å². The highest BCUT2D eigenvalue weighted by Crippen LogP contribution is 2.44. The van der Waals surface area contributed by atoms with Gasteiger partial charge in [0.2, 0.25) is 15.9 Å². The third-order valence-corrected chi connectivity index (χ3v) is 5.39. The summed E-state index contributed by atoms with van der Waals surface area (Å²) in [6.45, 7) is 1.54. The van der Waals surface area contributed by atoms with Crippen molar-refractivity contribution < 1.29 is 23.1 Å². The first-order chi connectivity index (χ1) is 10.8. The second-order valence-corrected chi connectivity index (χ2v) is 7.76. The minimum Gasteiger partial charge on any atom is -0.481 e. The Hall–Kier alpha value is -2.09. The fraction of sp³-hybridized carbons (Fsp3) is 0.467. The van der Waals surface area contributed by atoms with E-state index in [0.717, 1.165) is 6.42 Å². The number of hydrogen-bond donors (Lipinski definition) is 3. The lowest BCUT2D eigenvalue weighted by molar-refractivity contribution is -0.157. The van der Waals surface area contributed by atoms with Crippen molar-refractivity contribution in [2.45, 2.75) is 32.6 Å². The Balaban J connectivity index is 1.95. The van der Waals surface area contributed by atoms with Gasteiger partial charge in [-0.25, -0.2) is 8.42 Å². The number of carbonyl (C=O) groups excluding carboxylic acids is 1. The molecule has 0 heterocycles. The summed E-state index contributed by atoms with van der Waals surface area (Å²) in [7, 11) is -3.34. The van der Waals surface area contributed by atoms with Crippen LogP contribution in [0.2, 0.25) is 0 Å². The van der Waals surface area contributed by atoms with Gasteiger partial charge in [-0.2, -0.15) is 0 Å². The second kappa shape index (κ2) is 6.57. The van der Waals surface area contributed by atoms with Crippen LogP contribution in [0.3, 0.4) is 0 Å². The van der Waals surface area contributed by atoms with E-state index in [1.54, 1.807) is 24.3 Å². The number of rotatable bonds is 7. The molecule has 126 valence electrons. The van der Waals surface area contributed by atoms with Gasteiger partial charge in [0.05, 0.1) is 11.2 Å². The van der Waals surface area contributed by atoms with Gasteiger partial charge in [0.25, 0.3) is 0 Å². The average molecular weight is 340 g/mol. The lowest BCUT2D eigenvalue weighted by Crippen LogP contribution is -2.41. The number of sulfonamides is 1. The summed E-state index contributed by atoms with van der Waals surface area (Å²) in [5.74, 6) is -1.31. The number of hydrogen-bond acceptors (Lipinski definition) is 4. The van der Waals surface area contributed by atoms with Crippen molar-refractivity contribution in [1.82, 2.24) is 0 Å². The summed E-state index contributed by atoms with van der Waals surface area (Å²) in [6.07, 6.45) is 1.82. The van der Waals surface area contributed by atoms with Gasteiger partial charge in [-0.05, 0) is 44.0 Å². The number of carboxylic acid groups (broad SMARTS) is 1. The molecule has 1 aliphatic rings. The van der Waals surface area contributed by atoms with E-state index in [1.165, 1.54) is 6.92 Å². The van der Waals surface area contributed by atoms with Gasteiger partial charge >= 0.3 is 5.97 Å². The smallest absolute Gasteiger partial charge is 0.310 e. The molecule has 1 aliphatic carbocycles. The van der Waals surface area contributed by atoms with Gasteiger partial charge in [-0.15, -0.1) is 0 Å². The topological polar surface area (TPSA) is 113 Å². The van der Waals surface area contributed by atoms with E-state index >= 15 is 0 Å². The third-order valence-electron chi connectivity index (χ3n) is 4.09. The SMILES string of the molecule is CCS(=O)(=O)Nc1ccc(NC(=O)CC2(C(=O)O)CCC2)cc1. The molecule has 7 nitrogen and oxygen atoms in total. The molecular weight excluding hydrogens is 320 g/mol. The summed E-state index contributed by atoms with van der Waals surface area (Å²) in [4.78, 5) is 23.3. The van der Waals surface area contributed by atoms with E-state index in [1.807, 2.05) is 0 Å². The molecule has 1 aromatic rings. The zero-order valence-corrected chi connectivity index (χ0v) is 13.6. The van der Waals surface area contributed by atoms with Crippen LogP contribution >= 0.6 is 0 Å². The highest BCUT2D eigenvalue weighted by Gasteiger charge is 2.45. The summed E-state index contributed by atoms with van der Waals surface area (Å²) in [6, 6.07) is 6.22. The minimum atomic E-state index is -3.34. The molecule has 1 saturated carbocycles. The first-order valence-electron chi connectivity index (χ1n) is 7.40. The highest BCUT2D eigenvalue weighted by molar-refractivity contribution is 7.92. The number of aliphatic carboxylic acids is 1. The van der Waals surface area contributed by atoms with Crippen LogP contribution in [0.4, 0.5) is 11.4 Å². The monoisotopic (exact) mass is 340 g/mol. The number of carbonyl (C=O) groups is 2. The molecule has 1 amide bonds. The van der Waals surface area contributed by atoms with Crippen molar-refractivity contribution in [3.05, 3.63) is 24.3 Å². The van der Waals surface area contributed by atoms with E-state index in [2.05, 4.69) is 10.0 Å². The predicted molar refractivity (Wildman–Crippen MR) is 86.7 cm³/mol. The molecule has 0 unspecified atom stereocenters. The molecule has 0 saturated heterocycles. The Kier molecular flexibility index (Phi) is 4.93. The Morgan fingerprint density at radius 3 is 2.17 bits per heavy atom. The Morgan fingerprint density at radius 1 is 1.17 bits per heavy atom. The second-order valence-electron chi connectivity index (χ2n) is 5.75. The molecule has 2 rings (SSSR count). The molecule has 0 aliphatic heterocycles. The molecule has 0 radical (unpaired) electrons. The van der Waals surface area contributed by atoms with E-state index in [-0.39, 0.29) is 18.1 Å². The fourth-order valence-corrected chi connectivity index (χ4v) is 3.10. The lowest BCUT2D eigenvalue weighted by Gasteiger charge is -2.36. The summed E-state index contributed by atoms with van der Waals surface area (Å²) in [5.41, 5.74) is -0.0269. The van der Waals surface area contributed by atoms with Gasteiger partial charge < -0.3 is 10.4 Å². The highest BCUT2D eigenvalue weighted by atomic mass is 32.2. The zero-order valence-electron chi connectivity index (χ0n) is 12.8. The van der Waals surface area contributed by atoms with Gasteiger partial charge in [-0.3, -0.25) is 14.3 Å². The number of amides is 1. The van der Waals surface area contributed by atoms with Crippen molar-refractivity contribution in [3.8, 4) is 0 Å². The largest absolute Gasteiger partial charge is 0.481 e. The van der Waals surface area contributed by atoms with E-state index in [0.29, 0.717) is 24.2 Å². The molecule has 1 fully saturated rings. The number of anilines is 2.